The highest BCUT2D eigenvalue weighted by molar-refractivity contribution is 5.75. The summed E-state index contributed by atoms with van der Waals surface area (Å²) in [5, 5.41) is 6.73. The van der Waals surface area contributed by atoms with Crippen molar-refractivity contribution in [3.8, 4) is 0 Å². The number of hydrogen-bond donors (Lipinski definition) is 1. The number of halogens is 1. The molecule has 0 fully saturated rings. The topological polar surface area (TPSA) is 59.8 Å². The van der Waals surface area contributed by atoms with Gasteiger partial charge in [-0.15, -0.1) is 0 Å². The van der Waals surface area contributed by atoms with Gasteiger partial charge in [-0.2, -0.15) is 5.10 Å². The van der Waals surface area contributed by atoms with E-state index >= 15 is 0 Å². The summed E-state index contributed by atoms with van der Waals surface area (Å²) in [5.74, 6) is -0.279. The number of carbonyl (C=O) groups is 1. The van der Waals surface area contributed by atoms with E-state index in [0.29, 0.717) is 25.9 Å². The maximum Gasteiger partial charge on any atom is 0.221 e. The molecule has 2 aromatic rings. The number of hydrogen-bond acceptors (Lipinski definition) is 3. The van der Waals surface area contributed by atoms with Gasteiger partial charge in [0.2, 0.25) is 5.91 Å². The molecule has 0 unspecified atom stereocenters. The minimum atomic E-state index is -0.249. The van der Waals surface area contributed by atoms with Crippen molar-refractivity contribution >= 4 is 5.91 Å². The molecule has 2 rings (SSSR count). The fourth-order valence-corrected chi connectivity index (χ4v) is 1.65. The number of carbonyl (C=O) groups excluding carboxylic acids is 1. The molecular weight excluding hydrogens is 247 g/mol. The molecular formula is C13H15FN4O. The molecule has 0 spiro atoms. The Balaban J connectivity index is 1.65. The minimum absolute atomic E-state index is 0.0300. The number of nitrogens with one attached hydrogen (secondary N) is 1. The average molecular weight is 262 g/mol. The minimum Gasteiger partial charge on any atom is -0.356 e. The Morgan fingerprint density at radius 1 is 1.32 bits per heavy atom. The summed E-state index contributed by atoms with van der Waals surface area (Å²) < 4.78 is 14.3. The molecule has 100 valence electrons. The van der Waals surface area contributed by atoms with Crippen LogP contribution >= 0.6 is 0 Å². The fourth-order valence-electron chi connectivity index (χ4n) is 1.65. The molecule has 0 bridgehead atoms. The fraction of sp³-hybridized carbons (Fsp3) is 0.308. The SMILES string of the molecule is O=C(CCn1cncn1)NCCc1ccc(F)cc1. The molecule has 1 heterocycles. The first-order chi connectivity index (χ1) is 9.24. The first-order valence-electron chi connectivity index (χ1n) is 6.07. The predicted octanol–water partition coefficient (Wildman–Crippen LogP) is 1.17. The van der Waals surface area contributed by atoms with E-state index in [9.17, 15) is 9.18 Å². The third kappa shape index (κ3) is 4.50. The lowest BCUT2D eigenvalue weighted by Crippen LogP contribution is -2.26. The summed E-state index contributed by atoms with van der Waals surface area (Å²) in [5.41, 5.74) is 0.998. The van der Waals surface area contributed by atoms with Gasteiger partial charge in [-0.25, -0.2) is 9.37 Å². The number of amides is 1. The van der Waals surface area contributed by atoms with Gasteiger partial charge in [0, 0.05) is 13.0 Å². The van der Waals surface area contributed by atoms with Crippen molar-refractivity contribution in [3.63, 3.8) is 0 Å². The van der Waals surface area contributed by atoms with Crippen molar-refractivity contribution in [1.82, 2.24) is 20.1 Å². The Bertz CT molecular complexity index is 510. The van der Waals surface area contributed by atoms with Gasteiger partial charge in [-0.05, 0) is 24.1 Å². The molecule has 0 atom stereocenters. The van der Waals surface area contributed by atoms with Crippen LogP contribution in [0.3, 0.4) is 0 Å². The van der Waals surface area contributed by atoms with Gasteiger partial charge in [0.05, 0.1) is 6.54 Å². The quantitative estimate of drug-likeness (QED) is 0.850. The van der Waals surface area contributed by atoms with Crippen LogP contribution in [0.15, 0.2) is 36.9 Å². The Hall–Kier alpha value is -2.24. The van der Waals surface area contributed by atoms with Crippen LogP contribution in [0.4, 0.5) is 4.39 Å². The highest BCUT2D eigenvalue weighted by atomic mass is 19.1. The molecule has 1 aromatic heterocycles. The number of benzene rings is 1. The summed E-state index contributed by atoms with van der Waals surface area (Å²) >= 11 is 0. The predicted molar refractivity (Wildman–Crippen MR) is 67.8 cm³/mol. The van der Waals surface area contributed by atoms with Gasteiger partial charge in [-0.1, -0.05) is 12.1 Å². The van der Waals surface area contributed by atoms with E-state index < -0.39 is 0 Å². The van der Waals surface area contributed by atoms with Gasteiger partial charge < -0.3 is 5.32 Å². The van der Waals surface area contributed by atoms with Crippen LogP contribution < -0.4 is 5.32 Å². The van der Waals surface area contributed by atoms with Gasteiger partial charge in [0.15, 0.2) is 0 Å². The molecule has 1 N–H and O–H groups in total. The second-order valence-corrected chi connectivity index (χ2v) is 4.13. The summed E-state index contributed by atoms with van der Waals surface area (Å²) in [6.45, 7) is 1.06. The van der Waals surface area contributed by atoms with E-state index in [1.807, 2.05) is 0 Å². The van der Waals surface area contributed by atoms with Crippen LogP contribution in [0.25, 0.3) is 0 Å². The Labute approximate surface area is 110 Å². The zero-order valence-electron chi connectivity index (χ0n) is 10.4. The molecule has 0 aliphatic rings. The molecule has 6 heteroatoms. The average Bonchev–Trinajstić information content (AvgIpc) is 2.92. The van der Waals surface area contributed by atoms with Crippen LogP contribution in [0.1, 0.15) is 12.0 Å². The van der Waals surface area contributed by atoms with E-state index in [1.165, 1.54) is 18.5 Å². The van der Waals surface area contributed by atoms with Crippen molar-refractivity contribution in [3.05, 3.63) is 48.3 Å². The van der Waals surface area contributed by atoms with Crippen LogP contribution in [0.5, 0.6) is 0 Å². The molecule has 0 aliphatic heterocycles. The zero-order chi connectivity index (χ0) is 13.5. The molecule has 0 aliphatic carbocycles. The van der Waals surface area contributed by atoms with E-state index in [4.69, 9.17) is 0 Å². The van der Waals surface area contributed by atoms with E-state index in [0.717, 1.165) is 5.56 Å². The maximum atomic E-state index is 12.7. The number of aryl methyl sites for hydroxylation is 1. The maximum absolute atomic E-state index is 12.7. The lowest BCUT2D eigenvalue weighted by atomic mass is 10.1. The molecule has 0 saturated carbocycles. The van der Waals surface area contributed by atoms with Gasteiger partial charge >= 0.3 is 0 Å². The highest BCUT2D eigenvalue weighted by Crippen LogP contribution is 2.02. The van der Waals surface area contributed by atoms with Crippen molar-refractivity contribution in [1.29, 1.82) is 0 Å². The Kier molecular flexibility index (Phi) is 4.60. The summed E-state index contributed by atoms with van der Waals surface area (Å²) in [4.78, 5) is 15.3. The molecule has 0 radical (unpaired) electrons. The van der Waals surface area contributed by atoms with E-state index in [-0.39, 0.29) is 11.7 Å². The molecule has 0 saturated heterocycles. The number of nitrogens with zero attached hydrogens (tertiary/aromatic N) is 3. The largest absolute Gasteiger partial charge is 0.356 e. The smallest absolute Gasteiger partial charge is 0.221 e. The second-order valence-electron chi connectivity index (χ2n) is 4.13. The van der Waals surface area contributed by atoms with Crippen LogP contribution in [0, 0.1) is 5.82 Å². The highest BCUT2D eigenvalue weighted by Gasteiger charge is 2.02. The Morgan fingerprint density at radius 2 is 2.11 bits per heavy atom. The van der Waals surface area contributed by atoms with Crippen LogP contribution in [-0.2, 0) is 17.8 Å². The van der Waals surface area contributed by atoms with Gasteiger partial charge in [-0.3, -0.25) is 9.48 Å². The monoisotopic (exact) mass is 262 g/mol. The first-order valence-corrected chi connectivity index (χ1v) is 6.07. The molecule has 5 nitrogen and oxygen atoms in total. The molecule has 1 amide bonds. The standard InChI is InChI=1S/C13H15FN4O/c14-12-3-1-11(2-4-12)5-7-16-13(19)6-8-18-10-15-9-17-18/h1-4,9-10H,5-8H2,(H,16,19). The van der Waals surface area contributed by atoms with Crippen LogP contribution in [0.2, 0.25) is 0 Å². The number of rotatable bonds is 6. The van der Waals surface area contributed by atoms with E-state index in [2.05, 4.69) is 15.4 Å². The lowest BCUT2D eigenvalue weighted by Gasteiger charge is -2.05. The first kappa shape index (κ1) is 13.2. The van der Waals surface area contributed by atoms with Crippen molar-refractivity contribution in [2.75, 3.05) is 6.54 Å². The van der Waals surface area contributed by atoms with Gasteiger partial charge in [0.25, 0.3) is 0 Å². The zero-order valence-corrected chi connectivity index (χ0v) is 10.4. The lowest BCUT2D eigenvalue weighted by molar-refractivity contribution is -0.121. The van der Waals surface area contributed by atoms with Crippen molar-refractivity contribution in [2.24, 2.45) is 0 Å². The summed E-state index contributed by atoms with van der Waals surface area (Å²) in [7, 11) is 0. The van der Waals surface area contributed by atoms with Crippen molar-refractivity contribution in [2.45, 2.75) is 19.4 Å². The summed E-state index contributed by atoms with van der Waals surface area (Å²) in [6, 6.07) is 6.28. The third-order valence-corrected chi connectivity index (χ3v) is 2.68. The van der Waals surface area contributed by atoms with Crippen molar-refractivity contribution < 1.29 is 9.18 Å². The Morgan fingerprint density at radius 3 is 2.79 bits per heavy atom. The summed E-state index contributed by atoms with van der Waals surface area (Å²) in [6.07, 6.45) is 4.07. The third-order valence-electron chi connectivity index (χ3n) is 2.68. The number of aromatic nitrogens is 3. The van der Waals surface area contributed by atoms with Gasteiger partial charge in [0.1, 0.15) is 18.5 Å². The molecule has 1 aromatic carbocycles. The van der Waals surface area contributed by atoms with E-state index in [1.54, 1.807) is 23.1 Å². The van der Waals surface area contributed by atoms with Crippen LogP contribution in [-0.4, -0.2) is 27.2 Å². The molecule has 19 heavy (non-hydrogen) atoms. The second kappa shape index (κ2) is 6.63. The normalized spacial score (nSPS) is 10.4.